The summed E-state index contributed by atoms with van der Waals surface area (Å²) in [5.41, 5.74) is 1.85. The standard InChI is InChI=1S/C34H35ClIN3O4S/c1-2-3-22-37-34(41)32(23-26-12-6-4-7-13-26)38(24-27-14-10-11-17-31(27)35)33(40)25-39(29-20-18-28(36)19-21-29)44(42,43)30-15-8-5-9-16-30/h4-21,32H,2-3,22-25H2,1H3,(H,37,41). The number of benzene rings is 4. The van der Waals surface area contributed by atoms with E-state index in [1.165, 1.54) is 17.0 Å². The molecule has 1 N–H and O–H groups in total. The van der Waals surface area contributed by atoms with Crippen molar-refractivity contribution in [2.75, 3.05) is 17.4 Å². The van der Waals surface area contributed by atoms with Gasteiger partial charge < -0.3 is 10.2 Å². The zero-order valence-corrected chi connectivity index (χ0v) is 28.1. The zero-order valence-electron chi connectivity index (χ0n) is 24.4. The summed E-state index contributed by atoms with van der Waals surface area (Å²) in [4.78, 5) is 29.7. The average Bonchev–Trinajstić information content (AvgIpc) is 3.03. The highest BCUT2D eigenvalue weighted by Gasteiger charge is 2.34. The van der Waals surface area contributed by atoms with Gasteiger partial charge in [0.1, 0.15) is 12.6 Å². The van der Waals surface area contributed by atoms with E-state index in [1.54, 1.807) is 60.7 Å². The van der Waals surface area contributed by atoms with Crippen LogP contribution in [-0.2, 0) is 32.6 Å². The van der Waals surface area contributed by atoms with Gasteiger partial charge in [0.05, 0.1) is 10.6 Å². The largest absolute Gasteiger partial charge is 0.354 e. The molecule has 0 radical (unpaired) electrons. The van der Waals surface area contributed by atoms with Crippen molar-refractivity contribution < 1.29 is 18.0 Å². The highest BCUT2D eigenvalue weighted by Crippen LogP contribution is 2.26. The van der Waals surface area contributed by atoms with Gasteiger partial charge >= 0.3 is 0 Å². The van der Waals surface area contributed by atoms with Crippen molar-refractivity contribution in [2.45, 2.75) is 43.7 Å². The number of rotatable bonds is 14. The summed E-state index contributed by atoms with van der Waals surface area (Å²) < 4.78 is 30.0. The molecule has 4 aromatic carbocycles. The van der Waals surface area contributed by atoms with Crippen molar-refractivity contribution in [1.29, 1.82) is 0 Å². The molecule has 0 heterocycles. The van der Waals surface area contributed by atoms with Gasteiger partial charge in [-0.2, -0.15) is 0 Å². The molecule has 0 aliphatic heterocycles. The minimum atomic E-state index is -4.14. The number of sulfonamides is 1. The topological polar surface area (TPSA) is 86.8 Å². The maximum atomic E-state index is 14.4. The first-order valence-corrected chi connectivity index (χ1v) is 17.3. The number of nitrogens with one attached hydrogen (secondary N) is 1. The Balaban J connectivity index is 1.78. The number of hydrogen-bond acceptors (Lipinski definition) is 4. The minimum absolute atomic E-state index is 0.0170. The van der Waals surface area contributed by atoms with Gasteiger partial charge in [-0.1, -0.05) is 91.7 Å². The molecule has 4 aromatic rings. The molecule has 1 atom stereocenters. The van der Waals surface area contributed by atoms with E-state index in [4.69, 9.17) is 11.6 Å². The van der Waals surface area contributed by atoms with E-state index in [-0.39, 0.29) is 23.8 Å². The lowest BCUT2D eigenvalue weighted by Crippen LogP contribution is -2.53. The fourth-order valence-electron chi connectivity index (χ4n) is 4.73. The molecule has 0 aromatic heterocycles. The van der Waals surface area contributed by atoms with E-state index in [9.17, 15) is 18.0 Å². The minimum Gasteiger partial charge on any atom is -0.354 e. The van der Waals surface area contributed by atoms with Gasteiger partial charge in [-0.25, -0.2) is 8.42 Å². The number of nitrogens with zero attached hydrogens (tertiary/aromatic N) is 2. The monoisotopic (exact) mass is 743 g/mol. The van der Waals surface area contributed by atoms with Crippen molar-refractivity contribution in [3.05, 3.63) is 129 Å². The van der Waals surface area contributed by atoms with E-state index >= 15 is 0 Å². The fraction of sp³-hybridized carbons (Fsp3) is 0.235. The molecule has 0 spiro atoms. The number of amides is 2. The van der Waals surface area contributed by atoms with Crippen LogP contribution in [0.15, 0.2) is 114 Å². The summed E-state index contributed by atoms with van der Waals surface area (Å²) in [5, 5.41) is 3.43. The normalized spacial score (nSPS) is 11.9. The van der Waals surface area contributed by atoms with Gasteiger partial charge in [-0.3, -0.25) is 13.9 Å². The van der Waals surface area contributed by atoms with Crippen molar-refractivity contribution >= 4 is 61.7 Å². The maximum Gasteiger partial charge on any atom is 0.264 e. The second-order valence-corrected chi connectivity index (χ2v) is 13.8. The summed E-state index contributed by atoms with van der Waals surface area (Å²) in [6, 6.07) is 30.6. The van der Waals surface area contributed by atoms with Crippen LogP contribution in [0.2, 0.25) is 5.02 Å². The number of hydrogen-bond donors (Lipinski definition) is 1. The lowest BCUT2D eigenvalue weighted by atomic mass is 10.0. The Morgan fingerprint density at radius 3 is 2.11 bits per heavy atom. The Morgan fingerprint density at radius 2 is 1.48 bits per heavy atom. The lowest BCUT2D eigenvalue weighted by Gasteiger charge is -2.34. The lowest BCUT2D eigenvalue weighted by molar-refractivity contribution is -0.140. The average molecular weight is 744 g/mol. The van der Waals surface area contributed by atoms with E-state index < -0.39 is 28.5 Å². The molecule has 0 aliphatic rings. The molecule has 0 bridgehead atoms. The number of halogens is 2. The van der Waals surface area contributed by atoms with E-state index in [2.05, 4.69) is 27.9 Å². The molecule has 1 unspecified atom stereocenters. The highest BCUT2D eigenvalue weighted by atomic mass is 127. The van der Waals surface area contributed by atoms with Crippen LogP contribution in [0, 0.1) is 3.57 Å². The van der Waals surface area contributed by atoms with E-state index in [0.717, 1.165) is 26.3 Å². The van der Waals surface area contributed by atoms with Crippen molar-refractivity contribution in [1.82, 2.24) is 10.2 Å². The molecule has 4 rings (SSSR count). The third-order valence-corrected chi connectivity index (χ3v) is 10.00. The Labute approximate surface area is 278 Å². The molecule has 44 heavy (non-hydrogen) atoms. The number of carbonyl (C=O) groups is 2. The summed E-state index contributed by atoms with van der Waals surface area (Å²) in [6.45, 7) is 2.00. The van der Waals surface area contributed by atoms with Gasteiger partial charge in [-0.05, 0) is 82.6 Å². The summed E-state index contributed by atoms with van der Waals surface area (Å²) >= 11 is 8.69. The van der Waals surface area contributed by atoms with Crippen LogP contribution in [-0.4, -0.2) is 44.3 Å². The van der Waals surface area contributed by atoms with Gasteiger partial charge in [0.2, 0.25) is 11.8 Å². The van der Waals surface area contributed by atoms with E-state index in [0.29, 0.717) is 22.8 Å². The van der Waals surface area contributed by atoms with Gasteiger partial charge in [-0.15, -0.1) is 0 Å². The van der Waals surface area contributed by atoms with Crippen LogP contribution in [0.25, 0.3) is 0 Å². The predicted octanol–water partition coefficient (Wildman–Crippen LogP) is 6.70. The Morgan fingerprint density at radius 1 is 0.864 bits per heavy atom. The number of carbonyl (C=O) groups excluding carboxylic acids is 2. The molecular formula is C34H35ClIN3O4S. The first kappa shape index (κ1) is 33.5. The molecule has 2 amide bonds. The molecule has 7 nitrogen and oxygen atoms in total. The third kappa shape index (κ3) is 8.83. The molecular weight excluding hydrogens is 709 g/mol. The van der Waals surface area contributed by atoms with Crippen molar-refractivity contribution in [3.63, 3.8) is 0 Å². The molecule has 0 saturated carbocycles. The second-order valence-electron chi connectivity index (χ2n) is 10.3. The van der Waals surface area contributed by atoms with Crippen molar-refractivity contribution in [2.24, 2.45) is 0 Å². The summed E-state index contributed by atoms with van der Waals surface area (Å²) in [5.74, 6) is -0.844. The van der Waals surface area contributed by atoms with Crippen molar-refractivity contribution in [3.8, 4) is 0 Å². The summed E-state index contributed by atoms with van der Waals surface area (Å²) in [6.07, 6.45) is 1.93. The fourth-order valence-corrected chi connectivity index (χ4v) is 6.72. The quantitative estimate of drug-likeness (QED) is 0.115. The number of unbranched alkanes of at least 4 members (excludes halogenated alkanes) is 1. The Bertz CT molecular complexity index is 1640. The van der Waals surface area contributed by atoms with Crippen LogP contribution < -0.4 is 9.62 Å². The van der Waals surface area contributed by atoms with Crippen LogP contribution >= 0.6 is 34.2 Å². The van der Waals surface area contributed by atoms with E-state index in [1.807, 2.05) is 43.3 Å². The molecule has 0 fully saturated rings. The highest BCUT2D eigenvalue weighted by molar-refractivity contribution is 14.1. The molecule has 230 valence electrons. The SMILES string of the molecule is CCCCNC(=O)C(Cc1ccccc1)N(Cc1ccccc1Cl)C(=O)CN(c1ccc(I)cc1)S(=O)(=O)c1ccccc1. The first-order chi connectivity index (χ1) is 21.2. The molecule has 0 aliphatic carbocycles. The second kappa shape index (κ2) is 16.1. The maximum absolute atomic E-state index is 14.4. The van der Waals surface area contributed by atoms with Gasteiger partial charge in [0.25, 0.3) is 10.0 Å². The van der Waals surface area contributed by atoms with Crippen LogP contribution in [0.5, 0.6) is 0 Å². The Hall–Kier alpha value is -3.41. The van der Waals surface area contributed by atoms with Crippen LogP contribution in [0.3, 0.4) is 0 Å². The van der Waals surface area contributed by atoms with Crippen LogP contribution in [0.1, 0.15) is 30.9 Å². The Kier molecular flexibility index (Phi) is 12.2. The third-order valence-electron chi connectivity index (χ3n) is 7.12. The first-order valence-electron chi connectivity index (χ1n) is 14.4. The molecule has 10 heteroatoms. The molecule has 0 saturated heterocycles. The predicted molar refractivity (Wildman–Crippen MR) is 184 cm³/mol. The van der Waals surface area contributed by atoms with Gasteiger partial charge in [0, 0.05) is 28.1 Å². The zero-order chi connectivity index (χ0) is 31.5. The van der Waals surface area contributed by atoms with Gasteiger partial charge in [0.15, 0.2) is 0 Å². The smallest absolute Gasteiger partial charge is 0.264 e. The number of anilines is 1. The summed E-state index contributed by atoms with van der Waals surface area (Å²) in [7, 11) is -4.14. The van der Waals surface area contributed by atoms with Crippen LogP contribution in [0.4, 0.5) is 5.69 Å².